The maximum Gasteiger partial charge on any atom is 0.257 e. The highest BCUT2D eigenvalue weighted by Crippen LogP contribution is 2.31. The summed E-state index contributed by atoms with van der Waals surface area (Å²) in [6, 6.07) is 18.0. The zero-order valence-corrected chi connectivity index (χ0v) is 18.7. The molecule has 3 amide bonds. The molecule has 1 atom stereocenters. The van der Waals surface area contributed by atoms with Gasteiger partial charge in [-0.05, 0) is 48.0 Å². The molecule has 34 heavy (non-hydrogen) atoms. The molecule has 174 valence electrons. The van der Waals surface area contributed by atoms with Gasteiger partial charge in [0.25, 0.3) is 11.8 Å². The molecule has 1 unspecified atom stereocenters. The summed E-state index contributed by atoms with van der Waals surface area (Å²) in [5.74, 6) is -1.08. The van der Waals surface area contributed by atoms with Crippen molar-refractivity contribution in [3.05, 3.63) is 89.7 Å². The number of methoxy groups -OCH3 is 2. The summed E-state index contributed by atoms with van der Waals surface area (Å²) >= 11 is 0. The van der Waals surface area contributed by atoms with E-state index in [9.17, 15) is 18.8 Å². The van der Waals surface area contributed by atoms with Crippen molar-refractivity contribution in [2.24, 2.45) is 0 Å². The van der Waals surface area contributed by atoms with E-state index in [-0.39, 0.29) is 24.2 Å². The zero-order chi connectivity index (χ0) is 24.2. The summed E-state index contributed by atoms with van der Waals surface area (Å²) in [6.07, 6.45) is -0.178. The quantitative estimate of drug-likeness (QED) is 0.499. The fraction of sp³-hybridized carbons (Fsp3) is 0.192. The van der Waals surface area contributed by atoms with Crippen molar-refractivity contribution < 1.29 is 28.2 Å². The lowest BCUT2D eigenvalue weighted by Gasteiger charge is -2.28. The molecule has 1 heterocycles. The van der Waals surface area contributed by atoms with Crippen molar-refractivity contribution in [1.82, 2.24) is 4.90 Å². The van der Waals surface area contributed by atoms with Crippen LogP contribution in [0.15, 0.2) is 72.8 Å². The predicted octanol–water partition coefficient (Wildman–Crippen LogP) is 3.82. The molecular formula is C26H23FN2O5. The summed E-state index contributed by atoms with van der Waals surface area (Å²) < 4.78 is 23.9. The Morgan fingerprint density at radius 2 is 1.65 bits per heavy atom. The van der Waals surface area contributed by atoms with Crippen LogP contribution >= 0.6 is 0 Å². The van der Waals surface area contributed by atoms with Gasteiger partial charge in [0.2, 0.25) is 5.91 Å². The lowest BCUT2D eigenvalue weighted by Crippen LogP contribution is -2.45. The second kappa shape index (κ2) is 9.74. The van der Waals surface area contributed by atoms with Gasteiger partial charge in [-0.25, -0.2) is 9.29 Å². The molecule has 4 rings (SSSR count). The molecule has 3 aromatic rings. The van der Waals surface area contributed by atoms with Crippen LogP contribution in [0.5, 0.6) is 11.5 Å². The summed E-state index contributed by atoms with van der Waals surface area (Å²) in [5.41, 5.74) is 1.35. The minimum Gasteiger partial charge on any atom is -0.493 e. The molecule has 1 aliphatic rings. The number of halogens is 1. The van der Waals surface area contributed by atoms with Crippen LogP contribution < -0.4 is 14.4 Å². The minimum absolute atomic E-state index is 0.120. The van der Waals surface area contributed by atoms with E-state index in [2.05, 4.69) is 0 Å². The number of ether oxygens (including phenoxy) is 2. The van der Waals surface area contributed by atoms with E-state index < -0.39 is 29.6 Å². The molecular weight excluding hydrogens is 439 g/mol. The standard InChI is InChI=1S/C26H23FN2O5/c1-33-22-13-8-18(14-23(22)34-2)25(31)28(16-17-6-4-3-5-7-17)21-15-24(30)29(26(21)32)20-11-9-19(27)10-12-20/h3-14,21H,15-16H2,1-2H3. The second-order valence-electron chi connectivity index (χ2n) is 7.75. The Morgan fingerprint density at radius 1 is 0.971 bits per heavy atom. The van der Waals surface area contributed by atoms with Gasteiger partial charge < -0.3 is 14.4 Å². The highest BCUT2D eigenvalue weighted by molar-refractivity contribution is 6.23. The van der Waals surface area contributed by atoms with E-state index in [0.717, 1.165) is 10.5 Å². The Balaban J connectivity index is 1.70. The minimum atomic E-state index is -1.02. The summed E-state index contributed by atoms with van der Waals surface area (Å²) in [4.78, 5) is 42.2. The van der Waals surface area contributed by atoms with Crippen LogP contribution in [0.2, 0.25) is 0 Å². The number of benzene rings is 3. The van der Waals surface area contributed by atoms with Crippen LogP contribution in [0.4, 0.5) is 10.1 Å². The molecule has 1 saturated heterocycles. The zero-order valence-electron chi connectivity index (χ0n) is 18.7. The Bertz CT molecular complexity index is 1210. The highest BCUT2D eigenvalue weighted by Gasteiger charge is 2.44. The third-order valence-electron chi connectivity index (χ3n) is 5.67. The monoisotopic (exact) mass is 462 g/mol. The first kappa shape index (κ1) is 23.0. The van der Waals surface area contributed by atoms with Crippen LogP contribution in [-0.2, 0) is 16.1 Å². The molecule has 0 spiro atoms. The number of carbonyl (C=O) groups is 3. The Hall–Kier alpha value is -4.20. The van der Waals surface area contributed by atoms with Crippen LogP contribution in [0.1, 0.15) is 22.3 Å². The fourth-order valence-electron chi connectivity index (χ4n) is 3.96. The number of anilines is 1. The summed E-state index contributed by atoms with van der Waals surface area (Å²) in [6.45, 7) is 0.120. The Labute approximate surface area is 196 Å². The number of imide groups is 1. The summed E-state index contributed by atoms with van der Waals surface area (Å²) in [5, 5.41) is 0. The summed E-state index contributed by atoms with van der Waals surface area (Å²) in [7, 11) is 2.96. The average Bonchev–Trinajstić information content (AvgIpc) is 3.16. The molecule has 0 radical (unpaired) electrons. The van der Waals surface area contributed by atoms with E-state index >= 15 is 0 Å². The number of carbonyl (C=O) groups excluding carboxylic acids is 3. The first-order valence-electron chi connectivity index (χ1n) is 10.6. The smallest absolute Gasteiger partial charge is 0.257 e. The third-order valence-corrected chi connectivity index (χ3v) is 5.67. The fourth-order valence-corrected chi connectivity index (χ4v) is 3.96. The number of hydrogen-bond acceptors (Lipinski definition) is 5. The number of nitrogens with zero attached hydrogens (tertiary/aromatic N) is 2. The average molecular weight is 462 g/mol. The highest BCUT2D eigenvalue weighted by atomic mass is 19.1. The van der Waals surface area contributed by atoms with Crippen LogP contribution in [0.25, 0.3) is 0 Å². The molecule has 7 nitrogen and oxygen atoms in total. The Morgan fingerprint density at radius 3 is 2.29 bits per heavy atom. The SMILES string of the molecule is COc1ccc(C(=O)N(Cc2ccccc2)C2CC(=O)N(c3ccc(F)cc3)C2=O)cc1OC. The molecule has 8 heteroatoms. The van der Waals surface area contributed by atoms with Gasteiger partial charge in [0.05, 0.1) is 26.3 Å². The van der Waals surface area contributed by atoms with Gasteiger partial charge in [-0.3, -0.25) is 14.4 Å². The first-order valence-corrected chi connectivity index (χ1v) is 10.6. The molecule has 3 aromatic carbocycles. The number of amides is 3. The van der Waals surface area contributed by atoms with Gasteiger partial charge in [-0.1, -0.05) is 30.3 Å². The van der Waals surface area contributed by atoms with Crippen molar-refractivity contribution in [2.45, 2.75) is 19.0 Å². The molecule has 0 aliphatic carbocycles. The third kappa shape index (κ3) is 4.47. The number of hydrogen-bond donors (Lipinski definition) is 0. The van der Waals surface area contributed by atoms with Gasteiger partial charge in [0.15, 0.2) is 11.5 Å². The van der Waals surface area contributed by atoms with Crippen molar-refractivity contribution in [3.8, 4) is 11.5 Å². The lowest BCUT2D eigenvalue weighted by molar-refractivity contribution is -0.122. The van der Waals surface area contributed by atoms with Crippen molar-refractivity contribution in [1.29, 1.82) is 0 Å². The molecule has 0 bridgehead atoms. The largest absolute Gasteiger partial charge is 0.493 e. The topological polar surface area (TPSA) is 76.2 Å². The molecule has 0 aromatic heterocycles. The normalized spacial score (nSPS) is 15.4. The number of rotatable bonds is 7. The lowest BCUT2D eigenvalue weighted by atomic mass is 10.1. The molecule has 1 aliphatic heterocycles. The van der Waals surface area contributed by atoms with Gasteiger partial charge in [0, 0.05) is 12.1 Å². The van der Waals surface area contributed by atoms with E-state index in [4.69, 9.17) is 9.47 Å². The molecule has 0 saturated carbocycles. The van der Waals surface area contributed by atoms with Crippen LogP contribution in [0.3, 0.4) is 0 Å². The van der Waals surface area contributed by atoms with E-state index in [1.807, 2.05) is 30.3 Å². The second-order valence-corrected chi connectivity index (χ2v) is 7.75. The van der Waals surface area contributed by atoms with Gasteiger partial charge in [0.1, 0.15) is 11.9 Å². The van der Waals surface area contributed by atoms with Gasteiger partial charge in [-0.2, -0.15) is 0 Å². The maximum absolute atomic E-state index is 13.6. The van der Waals surface area contributed by atoms with Gasteiger partial charge >= 0.3 is 0 Å². The van der Waals surface area contributed by atoms with Gasteiger partial charge in [-0.15, -0.1) is 0 Å². The van der Waals surface area contributed by atoms with Crippen LogP contribution in [-0.4, -0.2) is 42.9 Å². The van der Waals surface area contributed by atoms with E-state index in [1.165, 1.54) is 49.5 Å². The van der Waals surface area contributed by atoms with Crippen molar-refractivity contribution >= 4 is 23.4 Å². The Kier molecular flexibility index (Phi) is 6.58. The first-order chi connectivity index (χ1) is 16.4. The molecule has 1 fully saturated rings. The predicted molar refractivity (Wildman–Crippen MR) is 123 cm³/mol. The van der Waals surface area contributed by atoms with Crippen molar-refractivity contribution in [2.75, 3.05) is 19.1 Å². The maximum atomic E-state index is 13.6. The van der Waals surface area contributed by atoms with E-state index in [0.29, 0.717) is 11.5 Å². The van der Waals surface area contributed by atoms with E-state index in [1.54, 1.807) is 12.1 Å². The molecule has 0 N–H and O–H groups in total. The van der Waals surface area contributed by atoms with Crippen molar-refractivity contribution in [3.63, 3.8) is 0 Å². The van der Waals surface area contributed by atoms with Crippen LogP contribution in [0, 0.1) is 5.82 Å².